The van der Waals surface area contributed by atoms with Gasteiger partial charge in [0.1, 0.15) is 7.85 Å². The SMILES string of the molecule is B[C@H](N)N1CCC(C)(C)[C@@H](C)C1. The molecule has 1 aliphatic heterocycles. The summed E-state index contributed by atoms with van der Waals surface area (Å²) >= 11 is 0. The van der Waals surface area contributed by atoms with E-state index in [4.69, 9.17) is 5.73 Å². The van der Waals surface area contributed by atoms with E-state index in [0.717, 1.165) is 19.0 Å². The predicted octanol–water partition coefficient (Wildman–Crippen LogP) is 0.230. The fourth-order valence-electron chi connectivity index (χ4n) is 1.74. The van der Waals surface area contributed by atoms with Gasteiger partial charge in [0.2, 0.25) is 0 Å². The van der Waals surface area contributed by atoms with E-state index >= 15 is 0 Å². The highest BCUT2D eigenvalue weighted by Gasteiger charge is 2.32. The largest absolute Gasteiger partial charge is 0.323 e. The van der Waals surface area contributed by atoms with Crippen LogP contribution in [0.1, 0.15) is 27.2 Å². The first kappa shape index (κ1) is 10.1. The highest BCUT2D eigenvalue weighted by Crippen LogP contribution is 2.34. The molecule has 0 spiro atoms. The lowest BCUT2D eigenvalue weighted by Crippen LogP contribution is -2.51. The van der Waals surface area contributed by atoms with Crippen molar-refractivity contribution in [3.05, 3.63) is 0 Å². The Kier molecular flexibility index (Phi) is 2.84. The summed E-state index contributed by atoms with van der Waals surface area (Å²) in [4.78, 5) is 2.37. The van der Waals surface area contributed by atoms with Crippen LogP contribution in [0.25, 0.3) is 0 Å². The second-order valence-corrected chi connectivity index (χ2v) is 4.88. The summed E-state index contributed by atoms with van der Waals surface area (Å²) in [6, 6.07) is 0.226. The van der Waals surface area contributed by atoms with Crippen molar-refractivity contribution in [1.82, 2.24) is 4.90 Å². The molecule has 1 heterocycles. The molecule has 0 aromatic rings. The standard InChI is InChI=1S/C9H21BN2/c1-7-6-12(8(10)11)5-4-9(7,2)3/h7-8H,4-6,10-11H2,1-3H3/t7-,8+/m0/s1. The smallest absolute Gasteiger partial charge is 0.142 e. The zero-order chi connectivity index (χ0) is 9.35. The first-order chi connectivity index (χ1) is 5.43. The van der Waals surface area contributed by atoms with Gasteiger partial charge < -0.3 is 5.73 Å². The third-order valence-corrected chi connectivity index (χ3v) is 3.46. The van der Waals surface area contributed by atoms with Crippen molar-refractivity contribution >= 4 is 7.85 Å². The summed E-state index contributed by atoms with van der Waals surface area (Å²) in [6.45, 7) is 9.36. The molecule has 1 fully saturated rings. The van der Waals surface area contributed by atoms with E-state index in [9.17, 15) is 0 Å². The van der Waals surface area contributed by atoms with Gasteiger partial charge in [-0.1, -0.05) is 20.8 Å². The maximum atomic E-state index is 5.84. The average Bonchev–Trinajstić information content (AvgIpc) is 1.94. The lowest BCUT2D eigenvalue weighted by molar-refractivity contribution is 0.0636. The highest BCUT2D eigenvalue weighted by molar-refractivity contribution is 6.11. The van der Waals surface area contributed by atoms with Crippen molar-refractivity contribution in [3.8, 4) is 0 Å². The Bertz CT molecular complexity index is 157. The van der Waals surface area contributed by atoms with Gasteiger partial charge in [0.25, 0.3) is 0 Å². The van der Waals surface area contributed by atoms with Gasteiger partial charge in [-0.05, 0) is 24.3 Å². The van der Waals surface area contributed by atoms with Gasteiger partial charge in [0.15, 0.2) is 0 Å². The first-order valence-electron chi connectivity index (χ1n) is 4.93. The van der Waals surface area contributed by atoms with E-state index in [1.807, 2.05) is 0 Å². The van der Waals surface area contributed by atoms with Crippen molar-refractivity contribution in [2.24, 2.45) is 17.1 Å². The normalized spacial score (nSPS) is 33.2. The Labute approximate surface area is 76.9 Å². The van der Waals surface area contributed by atoms with E-state index in [1.165, 1.54) is 6.42 Å². The van der Waals surface area contributed by atoms with Crippen LogP contribution in [0, 0.1) is 11.3 Å². The molecule has 0 bridgehead atoms. The van der Waals surface area contributed by atoms with E-state index in [-0.39, 0.29) is 6.07 Å². The van der Waals surface area contributed by atoms with Gasteiger partial charge in [-0.25, -0.2) is 0 Å². The van der Waals surface area contributed by atoms with Crippen LogP contribution >= 0.6 is 0 Å². The number of rotatable bonds is 1. The van der Waals surface area contributed by atoms with Crippen molar-refractivity contribution in [3.63, 3.8) is 0 Å². The lowest BCUT2D eigenvalue weighted by atomic mass is 9.74. The van der Waals surface area contributed by atoms with Crippen LogP contribution in [-0.2, 0) is 0 Å². The van der Waals surface area contributed by atoms with Crippen LogP contribution in [0.4, 0.5) is 0 Å². The van der Waals surface area contributed by atoms with E-state index in [1.54, 1.807) is 0 Å². The fraction of sp³-hybridized carbons (Fsp3) is 1.00. The van der Waals surface area contributed by atoms with Gasteiger partial charge in [0, 0.05) is 12.6 Å². The summed E-state index contributed by atoms with van der Waals surface area (Å²) in [5.74, 6) is 0.761. The minimum atomic E-state index is 0.226. The van der Waals surface area contributed by atoms with E-state index in [2.05, 4.69) is 33.5 Å². The number of hydrogen-bond donors (Lipinski definition) is 1. The van der Waals surface area contributed by atoms with Crippen LogP contribution in [0.15, 0.2) is 0 Å². The number of nitrogens with zero attached hydrogens (tertiary/aromatic N) is 1. The summed E-state index contributed by atoms with van der Waals surface area (Å²) < 4.78 is 0. The van der Waals surface area contributed by atoms with Crippen molar-refractivity contribution < 1.29 is 0 Å². The average molecular weight is 168 g/mol. The zero-order valence-corrected chi connectivity index (χ0v) is 8.80. The molecule has 0 aromatic carbocycles. The topological polar surface area (TPSA) is 29.3 Å². The van der Waals surface area contributed by atoms with Crippen molar-refractivity contribution in [1.29, 1.82) is 0 Å². The van der Waals surface area contributed by atoms with Gasteiger partial charge in [-0.15, -0.1) is 0 Å². The number of hydrogen-bond acceptors (Lipinski definition) is 2. The van der Waals surface area contributed by atoms with Crippen LogP contribution in [-0.4, -0.2) is 31.9 Å². The first-order valence-corrected chi connectivity index (χ1v) is 4.93. The van der Waals surface area contributed by atoms with Gasteiger partial charge >= 0.3 is 0 Å². The van der Waals surface area contributed by atoms with E-state index < -0.39 is 0 Å². The fourth-order valence-corrected chi connectivity index (χ4v) is 1.74. The summed E-state index contributed by atoms with van der Waals surface area (Å²) in [5.41, 5.74) is 6.35. The van der Waals surface area contributed by atoms with Gasteiger partial charge in [-0.3, -0.25) is 4.90 Å². The van der Waals surface area contributed by atoms with Crippen molar-refractivity contribution in [2.45, 2.75) is 33.3 Å². The molecule has 2 nitrogen and oxygen atoms in total. The molecule has 1 aliphatic rings. The second-order valence-electron chi connectivity index (χ2n) is 4.88. The zero-order valence-electron chi connectivity index (χ0n) is 8.80. The highest BCUT2D eigenvalue weighted by atomic mass is 15.2. The molecule has 0 saturated carbocycles. The second kappa shape index (κ2) is 3.39. The maximum absolute atomic E-state index is 5.84. The molecule has 12 heavy (non-hydrogen) atoms. The molecule has 0 unspecified atom stereocenters. The van der Waals surface area contributed by atoms with E-state index in [0.29, 0.717) is 5.41 Å². The van der Waals surface area contributed by atoms with Crippen molar-refractivity contribution in [2.75, 3.05) is 13.1 Å². The molecule has 0 aromatic heterocycles. The number of piperidine rings is 1. The lowest BCUT2D eigenvalue weighted by Gasteiger charge is -2.44. The number of likely N-dealkylation sites (tertiary alicyclic amines) is 1. The predicted molar refractivity (Wildman–Crippen MR) is 55.7 cm³/mol. The van der Waals surface area contributed by atoms with Crippen LogP contribution in [0.5, 0.6) is 0 Å². The van der Waals surface area contributed by atoms with Crippen LogP contribution < -0.4 is 5.73 Å². The van der Waals surface area contributed by atoms with Gasteiger partial charge in [-0.2, -0.15) is 0 Å². The molecule has 3 heteroatoms. The van der Waals surface area contributed by atoms with Crippen LogP contribution in [0.3, 0.4) is 0 Å². The Morgan fingerprint density at radius 1 is 1.58 bits per heavy atom. The number of nitrogens with two attached hydrogens (primary N) is 1. The Morgan fingerprint density at radius 2 is 2.17 bits per heavy atom. The van der Waals surface area contributed by atoms with Crippen LogP contribution in [0.2, 0.25) is 0 Å². The Balaban J connectivity index is 2.52. The molecule has 1 rings (SSSR count). The third-order valence-electron chi connectivity index (χ3n) is 3.46. The molecule has 70 valence electrons. The summed E-state index contributed by atoms with van der Waals surface area (Å²) in [6.07, 6.45) is 1.27. The van der Waals surface area contributed by atoms with Gasteiger partial charge in [0.05, 0.1) is 0 Å². The summed E-state index contributed by atoms with van der Waals surface area (Å²) in [5, 5.41) is 0. The molecular formula is C9H21BN2. The Hall–Kier alpha value is -0.0151. The maximum Gasteiger partial charge on any atom is 0.142 e. The molecule has 0 radical (unpaired) electrons. The quantitative estimate of drug-likeness (QED) is 0.568. The monoisotopic (exact) mass is 168 g/mol. The molecule has 1 saturated heterocycles. The minimum absolute atomic E-state index is 0.226. The molecule has 2 atom stereocenters. The molecule has 2 N–H and O–H groups in total. The summed E-state index contributed by atoms with van der Waals surface area (Å²) in [7, 11) is 2.07. The molecular weight excluding hydrogens is 147 g/mol. The molecule has 0 amide bonds. The third kappa shape index (κ3) is 2.02. The minimum Gasteiger partial charge on any atom is -0.323 e. The molecule has 0 aliphatic carbocycles. The Morgan fingerprint density at radius 3 is 2.58 bits per heavy atom.